The monoisotopic (exact) mass is 313 g/mol. The van der Waals surface area contributed by atoms with Crippen LogP contribution in [0, 0.1) is 12.8 Å². The lowest BCUT2D eigenvalue weighted by Gasteiger charge is -2.38. The maximum atomic E-state index is 12.3. The van der Waals surface area contributed by atoms with Crippen molar-refractivity contribution in [2.45, 2.75) is 38.6 Å². The molecule has 6 nitrogen and oxygen atoms in total. The minimum absolute atomic E-state index is 0.280. The van der Waals surface area contributed by atoms with Gasteiger partial charge in [0.1, 0.15) is 5.52 Å². The fraction of sp³-hybridized carbons (Fsp3) is 0.588. The topological polar surface area (TPSA) is 53.7 Å². The van der Waals surface area contributed by atoms with Gasteiger partial charge < -0.3 is 9.80 Å². The van der Waals surface area contributed by atoms with Gasteiger partial charge in [0.05, 0.1) is 5.69 Å². The highest BCUT2D eigenvalue weighted by molar-refractivity contribution is 5.81. The molecule has 2 aromatic heterocycles. The zero-order valence-electron chi connectivity index (χ0n) is 13.8. The Bertz CT molecular complexity index is 736. The largest absolute Gasteiger partial charge is 0.353 e. The number of rotatable bonds is 3. The number of fused-ring (bicyclic) bond motifs is 1. The molecule has 1 amide bonds. The van der Waals surface area contributed by atoms with Crippen LogP contribution in [-0.2, 0) is 4.79 Å². The van der Waals surface area contributed by atoms with E-state index in [4.69, 9.17) is 0 Å². The quantitative estimate of drug-likeness (QED) is 0.868. The zero-order chi connectivity index (χ0) is 16.0. The average molecular weight is 313 g/mol. The molecular formula is C17H23N5O. The van der Waals surface area contributed by atoms with E-state index in [1.165, 1.54) is 0 Å². The van der Waals surface area contributed by atoms with Crippen LogP contribution in [0.3, 0.4) is 0 Å². The summed E-state index contributed by atoms with van der Waals surface area (Å²) < 4.78 is 1.89. The molecule has 4 rings (SSSR count). The normalized spacial score (nSPS) is 21.7. The molecule has 0 bridgehead atoms. The summed E-state index contributed by atoms with van der Waals surface area (Å²) in [6.07, 6.45) is 7.98. The first-order valence-electron chi connectivity index (χ1n) is 8.46. The van der Waals surface area contributed by atoms with Gasteiger partial charge in [-0.2, -0.15) is 5.10 Å². The third kappa shape index (κ3) is 2.66. The number of carbonyl (C=O) groups excluding carboxylic acids is 1. The van der Waals surface area contributed by atoms with Gasteiger partial charge in [-0.1, -0.05) is 0 Å². The number of aryl methyl sites for hydroxylation is 1. The molecular weight excluding hydrogens is 290 g/mol. The van der Waals surface area contributed by atoms with Gasteiger partial charge in [0, 0.05) is 44.5 Å². The number of piperidine rings is 1. The maximum absolute atomic E-state index is 12.3. The van der Waals surface area contributed by atoms with Crippen molar-refractivity contribution in [1.29, 1.82) is 0 Å². The summed E-state index contributed by atoms with van der Waals surface area (Å²) in [5.74, 6) is 1.59. The van der Waals surface area contributed by atoms with Crippen LogP contribution in [0.15, 0.2) is 18.5 Å². The van der Waals surface area contributed by atoms with E-state index < -0.39 is 0 Å². The van der Waals surface area contributed by atoms with E-state index in [1.54, 1.807) is 6.20 Å². The van der Waals surface area contributed by atoms with Crippen LogP contribution in [0.5, 0.6) is 0 Å². The Hall–Kier alpha value is -2.11. The molecule has 1 aliphatic carbocycles. The number of nitrogens with zero attached hydrogens (tertiary/aromatic N) is 5. The molecule has 1 unspecified atom stereocenters. The molecule has 1 atom stereocenters. The molecule has 1 saturated carbocycles. The van der Waals surface area contributed by atoms with Gasteiger partial charge in [-0.25, -0.2) is 9.50 Å². The van der Waals surface area contributed by atoms with E-state index in [2.05, 4.69) is 21.0 Å². The maximum Gasteiger partial charge on any atom is 0.225 e. The van der Waals surface area contributed by atoms with Crippen LogP contribution in [0.1, 0.15) is 31.4 Å². The number of hydrogen-bond donors (Lipinski definition) is 0. The fourth-order valence-corrected chi connectivity index (χ4v) is 3.54. The van der Waals surface area contributed by atoms with E-state index in [0.717, 1.165) is 55.8 Å². The Morgan fingerprint density at radius 3 is 2.96 bits per heavy atom. The molecule has 122 valence electrons. The highest BCUT2D eigenvalue weighted by atomic mass is 16.2. The van der Waals surface area contributed by atoms with Crippen LogP contribution in [0.2, 0.25) is 0 Å². The summed E-state index contributed by atoms with van der Waals surface area (Å²) >= 11 is 0. The zero-order valence-corrected chi connectivity index (χ0v) is 13.8. The van der Waals surface area contributed by atoms with Crippen LogP contribution in [-0.4, -0.2) is 51.6 Å². The lowest BCUT2D eigenvalue weighted by molar-refractivity contribution is -0.133. The third-order valence-electron chi connectivity index (χ3n) is 5.01. The van der Waals surface area contributed by atoms with Crippen molar-refractivity contribution in [3.05, 3.63) is 24.2 Å². The van der Waals surface area contributed by atoms with Gasteiger partial charge in [0.25, 0.3) is 0 Å². The lowest BCUT2D eigenvalue weighted by atomic mass is 10.0. The Morgan fingerprint density at radius 2 is 2.17 bits per heavy atom. The van der Waals surface area contributed by atoms with E-state index in [-0.39, 0.29) is 12.0 Å². The summed E-state index contributed by atoms with van der Waals surface area (Å²) in [6.45, 7) is 3.84. The van der Waals surface area contributed by atoms with E-state index in [0.29, 0.717) is 5.91 Å². The second-order valence-corrected chi connectivity index (χ2v) is 6.83. The van der Waals surface area contributed by atoms with Crippen molar-refractivity contribution >= 4 is 17.2 Å². The Morgan fingerprint density at radius 1 is 1.35 bits per heavy atom. The number of carbonyl (C=O) groups is 1. The Balaban J connectivity index is 1.57. The third-order valence-corrected chi connectivity index (χ3v) is 5.01. The summed E-state index contributed by atoms with van der Waals surface area (Å²) in [5.41, 5.74) is 2.04. The van der Waals surface area contributed by atoms with Gasteiger partial charge in [-0.05, 0) is 38.7 Å². The second kappa shape index (κ2) is 5.51. The molecule has 0 spiro atoms. The molecule has 0 aromatic carbocycles. The van der Waals surface area contributed by atoms with Crippen molar-refractivity contribution in [3.8, 4) is 0 Å². The van der Waals surface area contributed by atoms with Gasteiger partial charge in [0.15, 0.2) is 5.82 Å². The Labute approximate surface area is 136 Å². The highest BCUT2D eigenvalue weighted by Gasteiger charge is 2.36. The van der Waals surface area contributed by atoms with E-state index in [1.807, 2.05) is 29.6 Å². The van der Waals surface area contributed by atoms with Crippen molar-refractivity contribution in [1.82, 2.24) is 19.5 Å². The predicted octanol–water partition coefficient (Wildman–Crippen LogP) is 1.87. The first kappa shape index (κ1) is 14.5. The molecule has 2 aromatic rings. The number of likely N-dealkylation sites (N-methyl/N-ethyl adjacent to an activating group) is 1. The molecule has 2 fully saturated rings. The van der Waals surface area contributed by atoms with Gasteiger partial charge in [-0.15, -0.1) is 0 Å². The molecule has 3 heterocycles. The van der Waals surface area contributed by atoms with Crippen LogP contribution in [0.25, 0.3) is 5.52 Å². The minimum Gasteiger partial charge on any atom is -0.353 e. The second-order valence-electron chi connectivity index (χ2n) is 6.83. The lowest BCUT2D eigenvalue weighted by Crippen LogP contribution is -2.49. The molecule has 0 N–H and O–H groups in total. The van der Waals surface area contributed by atoms with E-state index >= 15 is 0 Å². The molecule has 23 heavy (non-hydrogen) atoms. The van der Waals surface area contributed by atoms with Gasteiger partial charge in [0.2, 0.25) is 5.91 Å². The van der Waals surface area contributed by atoms with Crippen molar-refractivity contribution in [3.63, 3.8) is 0 Å². The van der Waals surface area contributed by atoms with Crippen molar-refractivity contribution < 1.29 is 4.79 Å². The number of amides is 1. The standard InChI is InChI=1S/C17H23N5O/c1-12-10-15-16(18-7-9-22(15)19-12)21-8-3-4-14(11-21)20(2)17(23)13-5-6-13/h7,9-10,13-14H,3-6,8,11H2,1-2H3. The van der Waals surface area contributed by atoms with Gasteiger partial charge in [-0.3, -0.25) is 4.79 Å². The highest BCUT2D eigenvalue weighted by Crippen LogP contribution is 2.32. The van der Waals surface area contributed by atoms with Crippen LogP contribution in [0.4, 0.5) is 5.82 Å². The summed E-state index contributed by atoms with van der Waals surface area (Å²) in [7, 11) is 1.96. The molecule has 1 aliphatic heterocycles. The van der Waals surface area contributed by atoms with E-state index in [9.17, 15) is 4.79 Å². The fourth-order valence-electron chi connectivity index (χ4n) is 3.54. The van der Waals surface area contributed by atoms with Crippen LogP contribution >= 0.6 is 0 Å². The SMILES string of the molecule is Cc1cc2c(N3CCCC(N(C)C(=O)C4CC4)C3)nccn2n1. The number of anilines is 1. The van der Waals surface area contributed by atoms with Crippen molar-refractivity contribution in [2.24, 2.45) is 5.92 Å². The van der Waals surface area contributed by atoms with Gasteiger partial charge >= 0.3 is 0 Å². The molecule has 6 heteroatoms. The molecule has 2 aliphatic rings. The molecule has 0 radical (unpaired) electrons. The number of aromatic nitrogens is 3. The molecule has 1 saturated heterocycles. The summed E-state index contributed by atoms with van der Waals surface area (Å²) in [4.78, 5) is 21.2. The Kier molecular flexibility index (Phi) is 3.47. The van der Waals surface area contributed by atoms with Crippen LogP contribution < -0.4 is 4.90 Å². The predicted molar refractivity (Wildman–Crippen MR) is 88.5 cm³/mol. The first-order chi connectivity index (χ1) is 11.1. The van der Waals surface area contributed by atoms with Crippen molar-refractivity contribution in [2.75, 3.05) is 25.0 Å². The average Bonchev–Trinajstić information content (AvgIpc) is 3.34. The summed E-state index contributed by atoms with van der Waals surface area (Å²) in [5, 5.41) is 4.47. The first-order valence-corrected chi connectivity index (χ1v) is 8.46. The summed E-state index contributed by atoms with van der Waals surface area (Å²) in [6, 6.07) is 2.35. The minimum atomic E-state index is 0.280. The number of hydrogen-bond acceptors (Lipinski definition) is 4. The smallest absolute Gasteiger partial charge is 0.225 e.